The molecule has 1 fully saturated rings. The minimum absolute atomic E-state index is 0.108. The molecule has 0 bridgehead atoms. The Labute approximate surface area is 114 Å². The average molecular weight is 284 g/mol. The van der Waals surface area contributed by atoms with Crippen LogP contribution in [0, 0.1) is 6.92 Å². The Balaban J connectivity index is 2.20. The van der Waals surface area contributed by atoms with Crippen LogP contribution in [0.2, 0.25) is 0 Å². The molecule has 1 aliphatic rings. The van der Waals surface area contributed by atoms with Gasteiger partial charge in [-0.1, -0.05) is 6.42 Å². The SMILES string of the molecule is Cc1ccncc1NS(=O)(=O)N1CCCCC1CN. The molecule has 1 aliphatic heterocycles. The molecule has 0 aliphatic carbocycles. The van der Waals surface area contributed by atoms with E-state index in [0.29, 0.717) is 18.8 Å². The molecular formula is C12H20N4O2S. The van der Waals surface area contributed by atoms with Crippen molar-refractivity contribution in [1.82, 2.24) is 9.29 Å². The Kier molecular flexibility index (Phi) is 4.38. The number of aryl methyl sites for hydroxylation is 1. The van der Waals surface area contributed by atoms with E-state index in [1.165, 1.54) is 10.5 Å². The monoisotopic (exact) mass is 284 g/mol. The summed E-state index contributed by atoms with van der Waals surface area (Å²) in [7, 11) is -3.56. The molecule has 1 unspecified atom stereocenters. The molecule has 0 amide bonds. The third-order valence-corrected chi connectivity index (χ3v) is 5.01. The molecule has 0 radical (unpaired) electrons. The van der Waals surface area contributed by atoms with Crippen LogP contribution in [0.5, 0.6) is 0 Å². The van der Waals surface area contributed by atoms with Crippen LogP contribution in [0.3, 0.4) is 0 Å². The van der Waals surface area contributed by atoms with Crippen molar-refractivity contribution < 1.29 is 8.42 Å². The number of aromatic nitrogens is 1. The van der Waals surface area contributed by atoms with Crippen molar-refractivity contribution in [1.29, 1.82) is 0 Å². The zero-order chi connectivity index (χ0) is 13.9. The standard InChI is InChI=1S/C12H20N4O2S/c1-10-5-6-14-9-12(10)15-19(17,18)16-7-3-2-4-11(16)8-13/h5-6,9,11,15H,2-4,7-8,13H2,1H3. The van der Waals surface area contributed by atoms with E-state index in [4.69, 9.17) is 5.73 Å². The molecule has 2 rings (SSSR count). The quantitative estimate of drug-likeness (QED) is 0.858. The van der Waals surface area contributed by atoms with E-state index in [2.05, 4.69) is 9.71 Å². The van der Waals surface area contributed by atoms with Crippen molar-refractivity contribution >= 4 is 15.9 Å². The second kappa shape index (κ2) is 5.85. The van der Waals surface area contributed by atoms with Gasteiger partial charge < -0.3 is 5.73 Å². The number of rotatable bonds is 4. The van der Waals surface area contributed by atoms with E-state index in [1.54, 1.807) is 12.3 Å². The lowest BCUT2D eigenvalue weighted by Gasteiger charge is -2.33. The van der Waals surface area contributed by atoms with E-state index in [-0.39, 0.29) is 6.04 Å². The molecular weight excluding hydrogens is 264 g/mol. The summed E-state index contributed by atoms with van der Waals surface area (Å²) in [5.41, 5.74) is 7.03. The number of piperidine rings is 1. The average Bonchev–Trinajstić information content (AvgIpc) is 2.41. The van der Waals surface area contributed by atoms with Gasteiger partial charge in [0.15, 0.2) is 0 Å². The first kappa shape index (κ1) is 14.2. The highest BCUT2D eigenvalue weighted by atomic mass is 32.2. The van der Waals surface area contributed by atoms with Crippen molar-refractivity contribution in [3.63, 3.8) is 0 Å². The van der Waals surface area contributed by atoms with Gasteiger partial charge in [-0.3, -0.25) is 9.71 Å². The highest BCUT2D eigenvalue weighted by molar-refractivity contribution is 7.90. The molecule has 0 aromatic carbocycles. The lowest BCUT2D eigenvalue weighted by molar-refractivity contribution is 0.259. The predicted molar refractivity (Wildman–Crippen MR) is 74.9 cm³/mol. The molecule has 1 atom stereocenters. The maximum absolute atomic E-state index is 12.4. The number of anilines is 1. The number of nitrogens with two attached hydrogens (primary N) is 1. The molecule has 19 heavy (non-hydrogen) atoms. The maximum atomic E-state index is 12.4. The molecule has 0 saturated carbocycles. The molecule has 7 heteroatoms. The van der Waals surface area contributed by atoms with E-state index >= 15 is 0 Å². The summed E-state index contributed by atoms with van der Waals surface area (Å²) in [6.07, 6.45) is 5.89. The summed E-state index contributed by atoms with van der Waals surface area (Å²) in [6, 6.07) is 1.66. The third kappa shape index (κ3) is 3.23. The smallest absolute Gasteiger partial charge is 0.301 e. The zero-order valence-electron chi connectivity index (χ0n) is 11.0. The Bertz CT molecular complexity index is 532. The van der Waals surface area contributed by atoms with Crippen molar-refractivity contribution in [2.75, 3.05) is 17.8 Å². The molecule has 2 heterocycles. The Morgan fingerprint density at radius 1 is 1.53 bits per heavy atom. The summed E-state index contributed by atoms with van der Waals surface area (Å²) in [6.45, 7) is 2.72. The Hall–Kier alpha value is -1.18. The molecule has 1 aromatic rings. The molecule has 0 spiro atoms. The first-order chi connectivity index (χ1) is 9.04. The maximum Gasteiger partial charge on any atom is 0.301 e. The van der Waals surface area contributed by atoms with Gasteiger partial charge in [0.2, 0.25) is 0 Å². The van der Waals surface area contributed by atoms with Crippen LogP contribution in [0.25, 0.3) is 0 Å². The van der Waals surface area contributed by atoms with Gasteiger partial charge in [-0.05, 0) is 31.4 Å². The van der Waals surface area contributed by atoms with Gasteiger partial charge in [-0.15, -0.1) is 0 Å². The van der Waals surface area contributed by atoms with Crippen molar-refractivity contribution in [3.05, 3.63) is 24.0 Å². The summed E-state index contributed by atoms with van der Waals surface area (Å²) < 4.78 is 28.9. The zero-order valence-corrected chi connectivity index (χ0v) is 11.9. The normalized spacial score (nSPS) is 21.3. The van der Waals surface area contributed by atoms with Gasteiger partial charge in [0, 0.05) is 25.3 Å². The molecule has 106 valence electrons. The third-order valence-electron chi connectivity index (χ3n) is 3.43. The van der Waals surface area contributed by atoms with Gasteiger partial charge in [0.25, 0.3) is 0 Å². The lowest BCUT2D eigenvalue weighted by Crippen LogP contribution is -2.49. The van der Waals surface area contributed by atoms with Crippen LogP contribution in [0.15, 0.2) is 18.5 Å². The van der Waals surface area contributed by atoms with Crippen LogP contribution in [-0.4, -0.2) is 36.8 Å². The lowest BCUT2D eigenvalue weighted by atomic mass is 10.1. The van der Waals surface area contributed by atoms with Gasteiger partial charge in [-0.25, -0.2) is 0 Å². The fourth-order valence-corrected chi connectivity index (χ4v) is 3.86. The molecule has 3 N–H and O–H groups in total. The van der Waals surface area contributed by atoms with E-state index in [9.17, 15) is 8.42 Å². The summed E-state index contributed by atoms with van der Waals surface area (Å²) in [4.78, 5) is 3.94. The van der Waals surface area contributed by atoms with Crippen molar-refractivity contribution in [2.45, 2.75) is 32.2 Å². The highest BCUT2D eigenvalue weighted by Crippen LogP contribution is 2.22. The van der Waals surface area contributed by atoms with E-state index < -0.39 is 10.2 Å². The topological polar surface area (TPSA) is 88.3 Å². The van der Waals surface area contributed by atoms with Crippen LogP contribution in [0.4, 0.5) is 5.69 Å². The summed E-state index contributed by atoms with van der Waals surface area (Å²) in [5, 5.41) is 0. The number of nitrogens with zero attached hydrogens (tertiary/aromatic N) is 2. The van der Waals surface area contributed by atoms with Crippen LogP contribution in [-0.2, 0) is 10.2 Å². The number of nitrogens with one attached hydrogen (secondary N) is 1. The first-order valence-corrected chi connectivity index (χ1v) is 7.89. The van der Waals surface area contributed by atoms with Gasteiger partial charge in [0.1, 0.15) is 0 Å². The van der Waals surface area contributed by atoms with Crippen molar-refractivity contribution in [2.24, 2.45) is 5.73 Å². The molecule has 1 aromatic heterocycles. The van der Waals surface area contributed by atoms with E-state index in [0.717, 1.165) is 24.8 Å². The highest BCUT2D eigenvalue weighted by Gasteiger charge is 2.31. The molecule has 6 nitrogen and oxygen atoms in total. The number of hydrogen-bond donors (Lipinski definition) is 2. The van der Waals surface area contributed by atoms with Crippen LogP contribution in [0.1, 0.15) is 24.8 Å². The Morgan fingerprint density at radius 3 is 3.00 bits per heavy atom. The van der Waals surface area contributed by atoms with Crippen LogP contribution < -0.4 is 10.5 Å². The summed E-state index contributed by atoms with van der Waals surface area (Å²) in [5.74, 6) is 0. The fraction of sp³-hybridized carbons (Fsp3) is 0.583. The number of pyridine rings is 1. The van der Waals surface area contributed by atoms with E-state index in [1.807, 2.05) is 6.92 Å². The number of hydrogen-bond acceptors (Lipinski definition) is 4. The second-order valence-electron chi connectivity index (χ2n) is 4.79. The minimum atomic E-state index is -3.56. The largest absolute Gasteiger partial charge is 0.329 e. The van der Waals surface area contributed by atoms with Crippen molar-refractivity contribution in [3.8, 4) is 0 Å². The second-order valence-corrected chi connectivity index (χ2v) is 6.42. The molecule has 1 saturated heterocycles. The van der Waals surface area contributed by atoms with Gasteiger partial charge in [0.05, 0.1) is 11.9 Å². The first-order valence-electron chi connectivity index (χ1n) is 6.45. The van der Waals surface area contributed by atoms with Gasteiger partial charge >= 0.3 is 10.2 Å². The van der Waals surface area contributed by atoms with Gasteiger partial charge in [-0.2, -0.15) is 12.7 Å². The predicted octanol–water partition coefficient (Wildman–Crippen LogP) is 0.860. The fourth-order valence-electron chi connectivity index (χ4n) is 2.29. The minimum Gasteiger partial charge on any atom is -0.329 e. The summed E-state index contributed by atoms with van der Waals surface area (Å²) >= 11 is 0. The van der Waals surface area contributed by atoms with Crippen LogP contribution >= 0.6 is 0 Å². The Morgan fingerprint density at radius 2 is 2.32 bits per heavy atom.